The number of rotatable bonds is 6. The van der Waals surface area contributed by atoms with Crippen LogP contribution in [0.4, 0.5) is 11.8 Å². The first-order valence-corrected chi connectivity index (χ1v) is 13.1. The minimum absolute atomic E-state index is 0.0274. The lowest BCUT2D eigenvalue weighted by Crippen LogP contribution is -2.41. The number of benzene rings is 2. The first-order chi connectivity index (χ1) is 17.8. The SMILES string of the molecule is Nc1nc(OC2(c3ccccc3-c3cccc(Cl)c3)CC2)cc(N2CCC3(CC2)CNC(C(=O)O)C3)n1. The zero-order valence-electron chi connectivity index (χ0n) is 20.5. The number of nitrogens with one attached hydrogen (secondary N) is 1. The van der Waals surface area contributed by atoms with Crippen molar-refractivity contribution in [3.05, 3.63) is 65.2 Å². The maximum atomic E-state index is 11.4. The van der Waals surface area contributed by atoms with Crippen molar-refractivity contribution in [2.45, 2.75) is 43.7 Å². The van der Waals surface area contributed by atoms with E-state index in [1.54, 1.807) is 0 Å². The van der Waals surface area contributed by atoms with Gasteiger partial charge in [-0.2, -0.15) is 9.97 Å². The fraction of sp³-hybridized carbons (Fsp3) is 0.393. The average Bonchev–Trinajstić information content (AvgIpc) is 3.55. The molecule has 3 heterocycles. The summed E-state index contributed by atoms with van der Waals surface area (Å²) in [5.41, 5.74) is 8.94. The Labute approximate surface area is 220 Å². The molecule has 8 nitrogen and oxygen atoms in total. The molecule has 0 bridgehead atoms. The molecule has 3 aliphatic rings. The van der Waals surface area contributed by atoms with Crippen molar-refractivity contribution in [1.82, 2.24) is 15.3 Å². The van der Waals surface area contributed by atoms with Gasteiger partial charge in [-0.05, 0) is 60.8 Å². The summed E-state index contributed by atoms with van der Waals surface area (Å²) in [6, 6.07) is 17.5. The topological polar surface area (TPSA) is 114 Å². The second-order valence-corrected chi connectivity index (χ2v) is 11.0. The Morgan fingerprint density at radius 1 is 1.08 bits per heavy atom. The molecule has 9 heteroatoms. The van der Waals surface area contributed by atoms with Crippen LogP contribution in [0.5, 0.6) is 5.88 Å². The number of carboxylic acids is 1. The number of carboxylic acid groups (broad SMARTS) is 1. The van der Waals surface area contributed by atoms with Gasteiger partial charge in [-0.15, -0.1) is 0 Å². The van der Waals surface area contributed by atoms with Crippen molar-refractivity contribution in [1.29, 1.82) is 0 Å². The van der Waals surface area contributed by atoms with Gasteiger partial charge < -0.3 is 25.8 Å². The Kier molecular flexibility index (Phi) is 5.96. The third-order valence-corrected chi connectivity index (χ3v) is 8.31. The van der Waals surface area contributed by atoms with Crippen LogP contribution in [0.25, 0.3) is 11.1 Å². The van der Waals surface area contributed by atoms with Crippen LogP contribution in [0.2, 0.25) is 5.02 Å². The number of ether oxygens (including phenoxy) is 1. The van der Waals surface area contributed by atoms with Crippen molar-refractivity contribution in [2.75, 3.05) is 30.3 Å². The summed E-state index contributed by atoms with van der Waals surface area (Å²) in [7, 11) is 0. The number of aromatic nitrogens is 2. The molecule has 1 atom stereocenters. The van der Waals surface area contributed by atoms with Gasteiger partial charge in [0.05, 0.1) is 0 Å². The van der Waals surface area contributed by atoms with Crippen molar-refractivity contribution in [2.24, 2.45) is 5.41 Å². The van der Waals surface area contributed by atoms with E-state index in [0.717, 1.165) is 67.8 Å². The van der Waals surface area contributed by atoms with Crippen LogP contribution in [0.1, 0.15) is 37.7 Å². The fourth-order valence-electron chi connectivity index (χ4n) is 5.86. The summed E-state index contributed by atoms with van der Waals surface area (Å²) in [5, 5.41) is 13.2. The van der Waals surface area contributed by atoms with E-state index >= 15 is 0 Å². The second-order valence-electron chi connectivity index (χ2n) is 10.5. The maximum Gasteiger partial charge on any atom is 0.320 e. The molecular formula is C28H30ClN5O3. The smallest absolute Gasteiger partial charge is 0.320 e. The van der Waals surface area contributed by atoms with Gasteiger partial charge in [-0.1, -0.05) is 48.0 Å². The number of halogens is 1. The van der Waals surface area contributed by atoms with Gasteiger partial charge in [-0.25, -0.2) is 0 Å². The normalized spacial score (nSPS) is 21.6. The maximum absolute atomic E-state index is 11.4. The number of hydrogen-bond donors (Lipinski definition) is 3. The van der Waals surface area contributed by atoms with E-state index in [2.05, 4.69) is 38.4 Å². The molecule has 3 fully saturated rings. The number of nitrogens with zero attached hydrogens (tertiary/aromatic N) is 3. The summed E-state index contributed by atoms with van der Waals surface area (Å²) in [6.07, 6.45) is 4.24. The largest absolute Gasteiger partial charge is 0.480 e. The number of hydrogen-bond acceptors (Lipinski definition) is 7. The van der Waals surface area contributed by atoms with Crippen LogP contribution < -0.4 is 20.7 Å². The van der Waals surface area contributed by atoms with Crippen LogP contribution in [-0.2, 0) is 10.4 Å². The Bertz CT molecular complexity index is 1340. The molecule has 0 amide bonds. The minimum Gasteiger partial charge on any atom is -0.480 e. The van der Waals surface area contributed by atoms with Gasteiger partial charge in [0.1, 0.15) is 17.5 Å². The highest BCUT2D eigenvalue weighted by molar-refractivity contribution is 6.30. The Hall–Kier alpha value is -3.36. The third kappa shape index (κ3) is 4.71. The molecule has 1 aliphatic carbocycles. The summed E-state index contributed by atoms with van der Waals surface area (Å²) in [5.74, 6) is 0.627. The molecule has 192 valence electrons. The van der Waals surface area contributed by atoms with E-state index in [1.165, 1.54) is 0 Å². The van der Waals surface area contributed by atoms with Crippen LogP contribution >= 0.6 is 11.6 Å². The van der Waals surface area contributed by atoms with Gasteiger partial charge in [0.15, 0.2) is 0 Å². The minimum atomic E-state index is -0.768. The van der Waals surface area contributed by atoms with Gasteiger partial charge in [0.25, 0.3) is 0 Å². The van der Waals surface area contributed by atoms with E-state index in [9.17, 15) is 9.90 Å². The third-order valence-electron chi connectivity index (χ3n) is 8.07. The monoisotopic (exact) mass is 519 g/mol. The van der Waals surface area contributed by atoms with Gasteiger partial charge >= 0.3 is 5.97 Å². The Morgan fingerprint density at radius 3 is 2.57 bits per heavy atom. The lowest BCUT2D eigenvalue weighted by molar-refractivity contribution is -0.139. The molecule has 2 aromatic carbocycles. The first kappa shape index (κ1) is 24.0. The number of nitrogen functional groups attached to an aromatic ring is 1. The highest BCUT2D eigenvalue weighted by Gasteiger charge is 2.49. The number of carbonyl (C=O) groups is 1. The predicted molar refractivity (Wildman–Crippen MR) is 143 cm³/mol. The molecule has 0 radical (unpaired) electrons. The molecule has 2 saturated heterocycles. The molecule has 1 saturated carbocycles. The standard InChI is InChI=1S/C28H30ClN5O3/c29-19-5-3-4-18(14-19)20-6-1-2-7-21(20)28(8-9-28)37-24-15-23(32-26(30)33-24)34-12-10-27(11-13-34)16-22(25(35)36)31-17-27/h1-7,14-15,22,31H,8-13,16-17H2,(H,35,36)(H2,30,32,33). The van der Waals surface area contributed by atoms with Gasteiger partial charge in [0, 0.05) is 36.3 Å². The molecule has 2 aliphatic heterocycles. The van der Waals surface area contributed by atoms with Crippen LogP contribution in [0.3, 0.4) is 0 Å². The predicted octanol–water partition coefficient (Wildman–Crippen LogP) is 4.48. The Balaban J connectivity index is 1.21. The first-order valence-electron chi connectivity index (χ1n) is 12.8. The average molecular weight is 520 g/mol. The molecule has 6 rings (SSSR count). The van der Waals surface area contributed by atoms with Crippen molar-refractivity contribution >= 4 is 29.3 Å². The van der Waals surface area contributed by atoms with E-state index in [-0.39, 0.29) is 11.4 Å². The highest BCUT2D eigenvalue weighted by atomic mass is 35.5. The molecular weight excluding hydrogens is 490 g/mol. The molecule has 3 aromatic rings. The van der Waals surface area contributed by atoms with E-state index in [1.807, 2.05) is 36.4 Å². The van der Waals surface area contributed by atoms with Crippen molar-refractivity contribution in [3.8, 4) is 17.0 Å². The molecule has 1 spiro atoms. The van der Waals surface area contributed by atoms with Crippen molar-refractivity contribution < 1.29 is 14.6 Å². The number of anilines is 2. The van der Waals surface area contributed by atoms with Gasteiger partial charge in [0.2, 0.25) is 11.8 Å². The number of aliphatic carboxylic acids is 1. The summed E-state index contributed by atoms with van der Waals surface area (Å²) < 4.78 is 6.57. The molecule has 4 N–H and O–H groups in total. The lowest BCUT2D eigenvalue weighted by Gasteiger charge is -2.39. The van der Waals surface area contributed by atoms with Gasteiger partial charge in [-0.3, -0.25) is 4.79 Å². The summed E-state index contributed by atoms with van der Waals surface area (Å²) >= 11 is 6.28. The van der Waals surface area contributed by atoms with E-state index in [0.29, 0.717) is 17.3 Å². The van der Waals surface area contributed by atoms with Crippen molar-refractivity contribution in [3.63, 3.8) is 0 Å². The van der Waals surface area contributed by atoms with E-state index in [4.69, 9.17) is 22.1 Å². The summed E-state index contributed by atoms with van der Waals surface area (Å²) in [4.78, 5) is 22.5. The summed E-state index contributed by atoms with van der Waals surface area (Å²) in [6.45, 7) is 2.31. The highest BCUT2D eigenvalue weighted by Crippen LogP contribution is 2.52. The van der Waals surface area contributed by atoms with Crippen LogP contribution in [-0.4, -0.2) is 46.7 Å². The zero-order chi connectivity index (χ0) is 25.6. The van der Waals surface area contributed by atoms with Crippen LogP contribution in [0.15, 0.2) is 54.6 Å². The molecule has 1 aromatic heterocycles. The Morgan fingerprint density at radius 2 is 1.86 bits per heavy atom. The number of piperidine rings is 1. The van der Waals surface area contributed by atoms with E-state index < -0.39 is 17.6 Å². The molecule has 1 unspecified atom stereocenters. The fourth-order valence-corrected chi connectivity index (χ4v) is 6.05. The molecule has 37 heavy (non-hydrogen) atoms. The quantitative estimate of drug-likeness (QED) is 0.437. The number of nitrogens with two attached hydrogens (primary N) is 1. The second kappa shape index (κ2) is 9.19. The zero-order valence-corrected chi connectivity index (χ0v) is 21.2. The lowest BCUT2D eigenvalue weighted by atomic mass is 9.76. The van der Waals surface area contributed by atoms with Crippen LogP contribution in [0, 0.1) is 5.41 Å².